The van der Waals surface area contributed by atoms with Crippen LogP contribution >= 0.6 is 11.8 Å². The van der Waals surface area contributed by atoms with Crippen LogP contribution in [0.15, 0.2) is 125 Å². The molecule has 6 atom stereocenters. The maximum absolute atomic E-state index is 15.0. The number of oxime groups is 1. The van der Waals surface area contributed by atoms with E-state index in [0.29, 0.717) is 53.7 Å². The molecular formula is C51H57N3O12S. The number of benzene rings is 4. The summed E-state index contributed by atoms with van der Waals surface area (Å²) in [7, 11) is 1.50. The molecule has 1 saturated carbocycles. The molecule has 0 radical (unpaired) electrons. The van der Waals surface area contributed by atoms with E-state index in [4.69, 9.17) is 33.3 Å². The van der Waals surface area contributed by atoms with Gasteiger partial charge in [-0.25, -0.2) is 4.79 Å². The minimum Gasteiger partial charge on any atom is -0.493 e. The van der Waals surface area contributed by atoms with Crippen molar-refractivity contribution >= 4 is 29.3 Å². The van der Waals surface area contributed by atoms with E-state index < -0.39 is 28.8 Å². The van der Waals surface area contributed by atoms with Gasteiger partial charge in [0.05, 0.1) is 29.8 Å². The number of carbonyl (C=O) groups excluding carboxylic acids is 1. The number of allylic oxidation sites excluding steroid dienone is 1. The summed E-state index contributed by atoms with van der Waals surface area (Å²) < 4.78 is 38.4. The van der Waals surface area contributed by atoms with Crippen LogP contribution < -0.4 is 23.7 Å². The fraction of sp³-hybridized carbons (Fsp3) is 0.412. The number of carbonyl (C=O) groups is 1. The first-order valence-corrected chi connectivity index (χ1v) is 23.8. The van der Waals surface area contributed by atoms with Crippen molar-refractivity contribution in [1.29, 1.82) is 0 Å². The Morgan fingerprint density at radius 3 is 2.45 bits per heavy atom. The normalized spacial score (nSPS) is 22.7. The van der Waals surface area contributed by atoms with Crippen LogP contribution in [0.25, 0.3) is 0 Å². The quantitative estimate of drug-likeness (QED) is 0.0250. The van der Waals surface area contributed by atoms with Gasteiger partial charge in [-0.2, -0.15) is 0 Å². The number of fused-ring (bicyclic) bond motifs is 3. The van der Waals surface area contributed by atoms with Crippen molar-refractivity contribution < 1.29 is 53.2 Å². The Kier molecular flexibility index (Phi) is 15.7. The van der Waals surface area contributed by atoms with E-state index in [9.17, 15) is 20.3 Å². The average molecular weight is 936 g/mol. The lowest BCUT2D eigenvalue weighted by atomic mass is 9.55. The first kappa shape index (κ1) is 47.4. The first-order valence-electron chi connectivity index (χ1n) is 22.8. The molecule has 1 fully saturated rings. The highest BCUT2D eigenvalue weighted by molar-refractivity contribution is 7.99. The minimum atomic E-state index is -1.57. The number of hydrogen-bond donors (Lipinski definition) is 2. The predicted molar refractivity (Wildman–Crippen MR) is 252 cm³/mol. The highest BCUT2D eigenvalue weighted by atomic mass is 32.2. The van der Waals surface area contributed by atoms with Gasteiger partial charge in [0.2, 0.25) is 12.6 Å². The number of thioether (sulfide) groups is 1. The van der Waals surface area contributed by atoms with Crippen LogP contribution in [0, 0.1) is 27.9 Å². The van der Waals surface area contributed by atoms with Gasteiger partial charge in [0.1, 0.15) is 30.4 Å². The molecule has 2 N–H and O–H groups in total. The second-order valence-electron chi connectivity index (χ2n) is 16.9. The molecule has 2 heterocycles. The number of aliphatic hydroxyl groups excluding tert-OH is 2. The minimum absolute atomic E-state index is 0.00326. The number of non-ortho nitro benzene ring substituents is 1. The molecule has 1 amide bonds. The molecule has 0 bridgehead atoms. The van der Waals surface area contributed by atoms with E-state index in [1.807, 2.05) is 42.5 Å². The van der Waals surface area contributed by atoms with E-state index in [1.165, 1.54) is 31.4 Å². The fourth-order valence-electron chi connectivity index (χ4n) is 10.0. The van der Waals surface area contributed by atoms with Crippen LogP contribution in [0.1, 0.15) is 62.0 Å². The Hall–Kier alpha value is -6.07. The molecule has 0 saturated heterocycles. The van der Waals surface area contributed by atoms with Gasteiger partial charge in [0.15, 0.2) is 11.5 Å². The number of unbranched alkanes of at least 4 members (excludes halogenated alkanes) is 2. The predicted octanol–water partition coefficient (Wildman–Crippen LogP) is 9.46. The molecule has 4 aliphatic rings. The maximum atomic E-state index is 15.0. The highest BCUT2D eigenvalue weighted by Crippen LogP contribution is 2.62. The maximum Gasteiger partial charge on any atom is 0.416 e. The van der Waals surface area contributed by atoms with Gasteiger partial charge < -0.3 is 43.5 Å². The van der Waals surface area contributed by atoms with Gasteiger partial charge in [-0.1, -0.05) is 54.4 Å². The lowest BCUT2D eigenvalue weighted by molar-refractivity contribution is -0.384. The summed E-state index contributed by atoms with van der Waals surface area (Å²) in [6, 6.07) is 25.9. The Bertz CT molecular complexity index is 2420. The summed E-state index contributed by atoms with van der Waals surface area (Å²) in [5, 5.41) is 36.1. The smallest absolute Gasteiger partial charge is 0.416 e. The number of nitro groups is 1. The zero-order chi connectivity index (χ0) is 46.8. The van der Waals surface area contributed by atoms with Gasteiger partial charge in [0.25, 0.3) is 5.69 Å². The van der Waals surface area contributed by atoms with E-state index in [2.05, 4.69) is 36.0 Å². The Morgan fingerprint density at radius 2 is 1.70 bits per heavy atom. The second kappa shape index (κ2) is 22.2. The molecule has 4 aromatic carbocycles. The number of ether oxygens (including phenoxy) is 6. The van der Waals surface area contributed by atoms with E-state index >= 15 is 4.79 Å². The monoisotopic (exact) mass is 935 g/mol. The molecule has 4 aromatic rings. The average Bonchev–Trinajstić information content (AvgIpc) is 3.82. The van der Waals surface area contributed by atoms with Gasteiger partial charge in [-0.3, -0.25) is 15.0 Å². The summed E-state index contributed by atoms with van der Waals surface area (Å²) in [4.78, 5) is 34.4. The molecule has 354 valence electrons. The van der Waals surface area contributed by atoms with E-state index in [0.717, 1.165) is 47.5 Å². The SMILES string of the molecule is C=CCO[C@@]12Oc3ccc(OCCSc4ccccc4)cc3[C@H]3[C@H](CCCCO)[C@@H](CCCCO)C=C(C(=NOC)C[C@@H]1N(Cc1ccc4c(c1)OCO4)C(=O)Oc1ccc([N+](=O)[O-])cc1)[C@H]32. The highest BCUT2D eigenvalue weighted by Gasteiger charge is 2.65. The van der Waals surface area contributed by atoms with Gasteiger partial charge >= 0.3 is 6.09 Å². The van der Waals surface area contributed by atoms with Crippen LogP contribution in [0.2, 0.25) is 0 Å². The molecule has 15 nitrogen and oxygen atoms in total. The molecule has 0 unspecified atom stereocenters. The standard InChI is InChI=1S/C51H57N3O12S/c1-3-25-64-51-47(53(32-34-15-21-45-46(28-34)63-33-62-45)50(57)65-37-18-16-36(17-19-37)54(58)59)31-43(52-60-2)41-29-35(11-7-9-23-55)40(14-8-10-24-56)48(49(41)51)42-30-38(20-22-44(42)66-51)61-26-27-67-39-12-5-4-6-13-39/h3-6,12-13,15-22,28-30,35,40,47-49,55-56H,1,7-11,14,23-27,31-33H2,2H3/t35-,40+,47-,48+,49+,51+/m0/s1. The molecular weight excluding hydrogens is 879 g/mol. The van der Waals surface area contributed by atoms with Crippen molar-refractivity contribution in [3.8, 4) is 28.7 Å². The number of nitrogens with zero attached hydrogens (tertiary/aromatic N) is 3. The Morgan fingerprint density at radius 1 is 0.955 bits per heavy atom. The lowest BCUT2D eigenvalue weighted by Crippen LogP contribution is -2.70. The van der Waals surface area contributed by atoms with Crippen LogP contribution in [0.4, 0.5) is 10.5 Å². The topological polar surface area (TPSA) is 181 Å². The van der Waals surface area contributed by atoms with Gasteiger partial charge in [-0.15, -0.1) is 18.3 Å². The molecule has 2 aliphatic carbocycles. The van der Waals surface area contributed by atoms with Gasteiger partial charge in [-0.05, 0) is 103 Å². The zero-order valence-corrected chi connectivity index (χ0v) is 38.4. The van der Waals surface area contributed by atoms with E-state index in [1.54, 1.807) is 28.8 Å². The summed E-state index contributed by atoms with van der Waals surface area (Å²) in [6.07, 6.45) is 7.66. The first-order chi connectivity index (χ1) is 32.8. The van der Waals surface area contributed by atoms with Crippen LogP contribution in [-0.2, 0) is 16.1 Å². The van der Waals surface area contributed by atoms with Crippen LogP contribution in [0.3, 0.4) is 0 Å². The third kappa shape index (κ3) is 10.6. The van der Waals surface area contributed by atoms with Crippen molar-refractivity contribution in [2.75, 3.05) is 46.1 Å². The lowest BCUT2D eigenvalue weighted by Gasteiger charge is -2.59. The summed E-state index contributed by atoms with van der Waals surface area (Å²) in [5.41, 5.74) is 2.96. The largest absolute Gasteiger partial charge is 0.493 e. The van der Waals surface area contributed by atoms with Crippen molar-refractivity contribution in [3.63, 3.8) is 0 Å². The molecule has 2 aliphatic heterocycles. The van der Waals surface area contributed by atoms with Gasteiger partial charge in [0, 0.05) is 60.4 Å². The molecule has 16 heteroatoms. The molecule has 0 aromatic heterocycles. The van der Waals surface area contributed by atoms with Crippen molar-refractivity contribution in [2.24, 2.45) is 22.9 Å². The summed E-state index contributed by atoms with van der Waals surface area (Å²) in [6.45, 7) is 4.75. The summed E-state index contributed by atoms with van der Waals surface area (Å²) in [5.74, 6) is 0.800. The number of hydrogen-bond acceptors (Lipinski definition) is 14. The Labute approximate surface area is 394 Å². The summed E-state index contributed by atoms with van der Waals surface area (Å²) >= 11 is 1.72. The van der Waals surface area contributed by atoms with Crippen molar-refractivity contribution in [2.45, 2.75) is 74.1 Å². The van der Waals surface area contributed by atoms with Crippen molar-refractivity contribution in [3.05, 3.63) is 137 Å². The zero-order valence-electron chi connectivity index (χ0n) is 37.5. The second-order valence-corrected chi connectivity index (χ2v) is 18.1. The Balaban J connectivity index is 1.27. The van der Waals surface area contributed by atoms with E-state index in [-0.39, 0.29) is 68.8 Å². The fourth-order valence-corrected chi connectivity index (χ4v) is 10.8. The molecule has 8 rings (SSSR count). The van der Waals surface area contributed by atoms with Crippen molar-refractivity contribution in [1.82, 2.24) is 4.90 Å². The van der Waals surface area contributed by atoms with Crippen LogP contribution in [-0.4, -0.2) is 89.8 Å². The number of amides is 1. The number of aliphatic hydroxyl groups is 2. The molecule has 67 heavy (non-hydrogen) atoms. The number of nitro benzene ring substituents is 1. The third-order valence-corrected chi connectivity index (χ3v) is 13.8. The van der Waals surface area contributed by atoms with Crippen LogP contribution in [0.5, 0.6) is 28.7 Å². The third-order valence-electron chi connectivity index (χ3n) is 12.9. The molecule has 0 spiro atoms. The number of rotatable bonds is 22.